The number of carbonyl (C=O) groups is 2. The van der Waals surface area contributed by atoms with Crippen LogP contribution in [0.2, 0.25) is 0 Å². The van der Waals surface area contributed by atoms with Gasteiger partial charge in [0.1, 0.15) is 6.33 Å². The molecule has 1 N–H and O–H groups in total. The molecule has 2 heterocycles. The van der Waals surface area contributed by atoms with Gasteiger partial charge in [0.15, 0.2) is 0 Å². The first-order chi connectivity index (χ1) is 18.2. The van der Waals surface area contributed by atoms with Gasteiger partial charge in [0, 0.05) is 60.1 Å². The number of nitrogens with zero attached hydrogens (tertiary/aromatic N) is 5. The largest absolute Gasteiger partial charge is 0.369 e. The number of hydrogen-bond acceptors (Lipinski definition) is 6. The molecule has 1 atom stereocenters. The number of anilines is 1. The second-order valence-corrected chi connectivity index (χ2v) is 10.7. The number of nitrogens with one attached hydrogen (secondary N) is 1. The van der Waals surface area contributed by atoms with Crippen molar-refractivity contribution in [3.05, 3.63) is 53.6 Å². The van der Waals surface area contributed by atoms with Crippen molar-refractivity contribution in [3.8, 4) is 11.1 Å². The number of amides is 2. The molecule has 1 aliphatic heterocycles. The summed E-state index contributed by atoms with van der Waals surface area (Å²) in [7, 11) is 4.32. The lowest BCUT2D eigenvalue weighted by molar-refractivity contribution is -0.120. The quantitative estimate of drug-likeness (QED) is 0.558. The average Bonchev–Trinajstić information content (AvgIpc) is 2.90. The highest BCUT2D eigenvalue weighted by atomic mass is 16.2. The van der Waals surface area contributed by atoms with Crippen molar-refractivity contribution in [2.45, 2.75) is 65.5 Å². The van der Waals surface area contributed by atoms with Gasteiger partial charge in [-0.2, -0.15) is 0 Å². The Labute approximate surface area is 226 Å². The molecule has 0 bridgehead atoms. The molecule has 1 aromatic carbocycles. The number of aliphatic imine (C=N–C) groups is 1. The van der Waals surface area contributed by atoms with Crippen LogP contribution >= 0.6 is 0 Å². The van der Waals surface area contributed by atoms with Gasteiger partial charge in [-0.1, -0.05) is 5.57 Å². The molecule has 2 aromatic rings. The number of allylic oxidation sites excluding steroid dienone is 1. The first-order valence-corrected chi connectivity index (χ1v) is 13.6. The molecular weight excluding hydrogens is 476 g/mol. The molecular formula is C30H40N6O2. The molecule has 8 nitrogen and oxygen atoms in total. The molecule has 202 valence electrons. The third-order valence-electron chi connectivity index (χ3n) is 8.04. The second-order valence-electron chi connectivity index (χ2n) is 10.7. The molecule has 0 spiro atoms. The number of dihydropyridines is 1. The number of benzene rings is 1. The summed E-state index contributed by atoms with van der Waals surface area (Å²) in [5.74, 6) is -0.838. The normalized spacial score (nSPS) is 21.7. The van der Waals surface area contributed by atoms with Gasteiger partial charge in [-0.15, -0.1) is 0 Å². The number of carbonyl (C=O) groups excluding carboxylic acids is 2. The van der Waals surface area contributed by atoms with E-state index in [1.165, 1.54) is 6.33 Å². The molecule has 2 aliphatic rings. The van der Waals surface area contributed by atoms with Gasteiger partial charge in [0.25, 0.3) is 11.8 Å². The first kappa shape index (κ1) is 27.6. The fourth-order valence-corrected chi connectivity index (χ4v) is 5.81. The average molecular weight is 517 g/mol. The minimum absolute atomic E-state index is 0.193. The lowest BCUT2D eigenvalue weighted by Crippen LogP contribution is -2.42. The standard InChI is InChI=1S/C30H40N6O2/c1-7-36(25-10-8-24(9-11-25)35(5)6)28-14-22(23-15-31-18-32-16-23)13-26(21(28)4)29(37)33-17-27-19(2)12-20(3)34-30(27)38/h12-16,18,24-25,27H,7-11,17H2,1-6H3,(H,33,37). The highest BCUT2D eigenvalue weighted by molar-refractivity contribution is 6.06. The zero-order valence-corrected chi connectivity index (χ0v) is 23.5. The highest BCUT2D eigenvalue weighted by Crippen LogP contribution is 2.35. The van der Waals surface area contributed by atoms with Crippen molar-refractivity contribution in [3.63, 3.8) is 0 Å². The van der Waals surface area contributed by atoms with E-state index >= 15 is 0 Å². The van der Waals surface area contributed by atoms with Gasteiger partial charge in [-0.3, -0.25) is 9.59 Å². The zero-order valence-electron chi connectivity index (χ0n) is 23.5. The number of hydrogen-bond donors (Lipinski definition) is 1. The van der Waals surface area contributed by atoms with Crippen LogP contribution in [0, 0.1) is 12.8 Å². The Morgan fingerprint density at radius 1 is 1.00 bits per heavy atom. The minimum Gasteiger partial charge on any atom is -0.369 e. The molecule has 2 amide bonds. The Balaban J connectivity index is 1.65. The molecule has 4 rings (SSSR count). The molecule has 8 heteroatoms. The molecule has 0 saturated heterocycles. The van der Waals surface area contributed by atoms with Crippen molar-refractivity contribution in [2.75, 3.05) is 32.1 Å². The topological polar surface area (TPSA) is 90.8 Å². The number of rotatable bonds is 8. The summed E-state index contributed by atoms with van der Waals surface area (Å²) in [6.45, 7) is 9.00. The van der Waals surface area contributed by atoms with Crippen molar-refractivity contribution in [1.82, 2.24) is 20.2 Å². The summed E-state index contributed by atoms with van der Waals surface area (Å²) in [5, 5.41) is 3.02. The van der Waals surface area contributed by atoms with E-state index in [1.807, 2.05) is 32.9 Å². The van der Waals surface area contributed by atoms with E-state index in [2.05, 4.69) is 57.2 Å². The maximum Gasteiger partial charge on any atom is 0.254 e. The van der Waals surface area contributed by atoms with Crippen molar-refractivity contribution in [1.29, 1.82) is 0 Å². The SMILES string of the molecule is CCN(c1cc(-c2cncnc2)cc(C(=O)NCC2C(=O)N=C(C)C=C2C)c1C)C1CCC(N(C)C)CC1. The Morgan fingerprint density at radius 3 is 2.26 bits per heavy atom. The zero-order chi connectivity index (χ0) is 27.4. The Kier molecular flexibility index (Phi) is 8.72. The first-order valence-electron chi connectivity index (χ1n) is 13.6. The monoisotopic (exact) mass is 516 g/mol. The summed E-state index contributed by atoms with van der Waals surface area (Å²) in [6.07, 6.45) is 11.5. The number of aromatic nitrogens is 2. The van der Waals surface area contributed by atoms with Gasteiger partial charge in [0.05, 0.1) is 5.92 Å². The van der Waals surface area contributed by atoms with E-state index in [0.717, 1.165) is 60.2 Å². The van der Waals surface area contributed by atoms with Gasteiger partial charge < -0.3 is 15.1 Å². The van der Waals surface area contributed by atoms with E-state index in [4.69, 9.17) is 0 Å². The van der Waals surface area contributed by atoms with Crippen LogP contribution in [0.4, 0.5) is 5.69 Å². The lowest BCUT2D eigenvalue weighted by atomic mass is 9.88. The highest BCUT2D eigenvalue weighted by Gasteiger charge is 2.29. The van der Waals surface area contributed by atoms with Gasteiger partial charge in [-0.25, -0.2) is 15.0 Å². The molecule has 0 radical (unpaired) electrons. The van der Waals surface area contributed by atoms with Crippen LogP contribution in [0.1, 0.15) is 62.4 Å². The summed E-state index contributed by atoms with van der Waals surface area (Å²) < 4.78 is 0. The minimum atomic E-state index is -0.438. The maximum absolute atomic E-state index is 13.6. The molecule has 38 heavy (non-hydrogen) atoms. The summed E-state index contributed by atoms with van der Waals surface area (Å²) in [4.78, 5) is 43.4. The van der Waals surface area contributed by atoms with Gasteiger partial charge >= 0.3 is 0 Å². The van der Waals surface area contributed by atoms with E-state index in [0.29, 0.717) is 23.4 Å². The van der Waals surface area contributed by atoms with E-state index in [-0.39, 0.29) is 18.4 Å². The van der Waals surface area contributed by atoms with Crippen molar-refractivity contribution < 1.29 is 9.59 Å². The van der Waals surface area contributed by atoms with Crippen LogP contribution in [0.25, 0.3) is 11.1 Å². The van der Waals surface area contributed by atoms with Crippen molar-refractivity contribution in [2.24, 2.45) is 10.9 Å². The van der Waals surface area contributed by atoms with E-state index in [1.54, 1.807) is 12.4 Å². The molecule has 1 unspecified atom stereocenters. The Bertz CT molecular complexity index is 1230. The van der Waals surface area contributed by atoms with Crippen molar-refractivity contribution >= 4 is 23.2 Å². The van der Waals surface area contributed by atoms with Crippen LogP contribution in [-0.4, -0.2) is 71.7 Å². The Morgan fingerprint density at radius 2 is 1.66 bits per heavy atom. The summed E-state index contributed by atoms with van der Waals surface area (Å²) in [6, 6.07) is 5.12. The van der Waals surface area contributed by atoms with E-state index < -0.39 is 5.92 Å². The summed E-state index contributed by atoms with van der Waals surface area (Å²) in [5.41, 5.74) is 6.00. The molecule has 1 saturated carbocycles. The fourth-order valence-electron chi connectivity index (χ4n) is 5.81. The van der Waals surface area contributed by atoms with Crippen LogP contribution in [0.15, 0.2) is 47.5 Å². The van der Waals surface area contributed by atoms with E-state index in [9.17, 15) is 9.59 Å². The van der Waals surface area contributed by atoms with Crippen LogP contribution in [0.5, 0.6) is 0 Å². The predicted molar refractivity (Wildman–Crippen MR) is 153 cm³/mol. The molecule has 1 fully saturated rings. The van der Waals surface area contributed by atoms with Gasteiger partial charge in [-0.05, 0) is 96.8 Å². The third-order valence-corrected chi connectivity index (χ3v) is 8.04. The van der Waals surface area contributed by atoms with Crippen LogP contribution < -0.4 is 10.2 Å². The Hall–Kier alpha value is -3.39. The summed E-state index contributed by atoms with van der Waals surface area (Å²) >= 11 is 0. The fraction of sp³-hybridized carbons (Fsp3) is 0.500. The predicted octanol–water partition coefficient (Wildman–Crippen LogP) is 4.44. The maximum atomic E-state index is 13.6. The van der Waals surface area contributed by atoms with Gasteiger partial charge in [0.2, 0.25) is 0 Å². The third kappa shape index (κ3) is 6.01. The smallest absolute Gasteiger partial charge is 0.254 e. The second kappa shape index (κ2) is 12.0. The molecule has 1 aromatic heterocycles. The van der Waals surface area contributed by atoms with Crippen LogP contribution in [0.3, 0.4) is 0 Å². The molecule has 1 aliphatic carbocycles. The van der Waals surface area contributed by atoms with Crippen LogP contribution in [-0.2, 0) is 4.79 Å². The lowest BCUT2D eigenvalue weighted by Gasteiger charge is -2.40.